The van der Waals surface area contributed by atoms with Gasteiger partial charge in [-0.15, -0.1) is 10.2 Å². The first-order chi connectivity index (χ1) is 16.5. The molecule has 0 saturated heterocycles. The zero-order valence-corrected chi connectivity index (χ0v) is 19.7. The minimum atomic E-state index is -0.400. The number of ether oxygens (including phenoxy) is 1. The van der Waals surface area contributed by atoms with Crippen molar-refractivity contribution >= 4 is 40.9 Å². The molecule has 0 spiro atoms. The predicted octanol–water partition coefficient (Wildman–Crippen LogP) is 4.89. The van der Waals surface area contributed by atoms with Crippen LogP contribution in [0.5, 0.6) is 0 Å². The number of thioether (sulfide) groups is 1. The Bertz CT molecular complexity index is 1280. The van der Waals surface area contributed by atoms with Gasteiger partial charge >= 0.3 is 5.97 Å². The van der Waals surface area contributed by atoms with Crippen molar-refractivity contribution in [2.45, 2.75) is 12.1 Å². The lowest BCUT2D eigenvalue weighted by atomic mass is 10.2. The molecule has 4 aromatic rings. The maximum Gasteiger partial charge on any atom is 0.338 e. The van der Waals surface area contributed by atoms with Crippen LogP contribution < -0.4 is 5.32 Å². The highest BCUT2D eigenvalue weighted by atomic mass is 35.5. The SMILES string of the molecule is CCOC(=O)c1ccc(NC(=O)CSc2nnc(-c3ccncc3)n2-c2ccc(Cl)cc2)cc1. The maximum atomic E-state index is 12.6. The minimum Gasteiger partial charge on any atom is -0.462 e. The summed E-state index contributed by atoms with van der Waals surface area (Å²) < 4.78 is 6.84. The van der Waals surface area contributed by atoms with E-state index >= 15 is 0 Å². The first-order valence-corrected chi connectivity index (χ1v) is 11.7. The van der Waals surface area contributed by atoms with E-state index in [9.17, 15) is 9.59 Å². The van der Waals surface area contributed by atoms with Gasteiger partial charge in [-0.05, 0) is 67.6 Å². The molecule has 2 aromatic heterocycles. The fourth-order valence-electron chi connectivity index (χ4n) is 3.11. The normalized spacial score (nSPS) is 10.6. The number of esters is 1. The summed E-state index contributed by atoms with van der Waals surface area (Å²) in [6, 6.07) is 17.5. The molecule has 0 atom stereocenters. The number of aromatic nitrogens is 4. The summed E-state index contributed by atoms with van der Waals surface area (Å²) in [4.78, 5) is 28.4. The third-order valence-electron chi connectivity index (χ3n) is 4.67. The first kappa shape index (κ1) is 23.5. The van der Waals surface area contributed by atoms with Crippen LogP contribution in [-0.4, -0.2) is 44.0 Å². The number of hydrogen-bond acceptors (Lipinski definition) is 7. The molecule has 2 heterocycles. The second kappa shape index (κ2) is 11.0. The topological polar surface area (TPSA) is 99.0 Å². The molecule has 2 aromatic carbocycles. The van der Waals surface area contributed by atoms with Gasteiger partial charge in [0.2, 0.25) is 5.91 Å². The molecular weight excluding hydrogens is 474 g/mol. The van der Waals surface area contributed by atoms with E-state index in [2.05, 4.69) is 20.5 Å². The molecule has 1 amide bonds. The number of pyridine rings is 1. The van der Waals surface area contributed by atoms with Crippen molar-refractivity contribution in [1.29, 1.82) is 0 Å². The van der Waals surface area contributed by atoms with Crippen LogP contribution in [0.3, 0.4) is 0 Å². The number of carbonyl (C=O) groups excluding carboxylic acids is 2. The van der Waals surface area contributed by atoms with Crippen LogP contribution in [0.4, 0.5) is 5.69 Å². The highest BCUT2D eigenvalue weighted by Crippen LogP contribution is 2.28. The van der Waals surface area contributed by atoms with Crippen LogP contribution in [0.2, 0.25) is 5.02 Å². The molecule has 172 valence electrons. The van der Waals surface area contributed by atoms with Crippen LogP contribution in [-0.2, 0) is 9.53 Å². The largest absolute Gasteiger partial charge is 0.462 e. The first-order valence-electron chi connectivity index (χ1n) is 10.4. The minimum absolute atomic E-state index is 0.113. The Kier molecular flexibility index (Phi) is 7.56. The number of amides is 1. The second-order valence-electron chi connectivity index (χ2n) is 6.99. The second-order valence-corrected chi connectivity index (χ2v) is 8.37. The standard InChI is InChI=1S/C24H20ClN5O3S/c1-2-33-23(32)17-3-7-19(8-4-17)27-21(31)15-34-24-29-28-22(16-11-13-26-14-12-16)30(24)20-9-5-18(25)6-10-20/h3-14H,2,15H2,1H3,(H,27,31). The fraction of sp³-hybridized carbons (Fsp3) is 0.125. The van der Waals surface area contributed by atoms with E-state index in [0.717, 1.165) is 11.3 Å². The number of hydrogen-bond donors (Lipinski definition) is 1. The van der Waals surface area contributed by atoms with Gasteiger partial charge in [0.25, 0.3) is 0 Å². The molecular formula is C24H20ClN5O3S. The molecule has 0 unspecified atom stereocenters. The van der Waals surface area contributed by atoms with Crippen LogP contribution in [0.15, 0.2) is 78.2 Å². The average Bonchev–Trinajstić information content (AvgIpc) is 3.28. The van der Waals surface area contributed by atoms with Crippen molar-refractivity contribution in [3.05, 3.63) is 83.6 Å². The molecule has 1 N–H and O–H groups in total. The number of carbonyl (C=O) groups is 2. The molecule has 0 radical (unpaired) electrons. The molecule has 0 fully saturated rings. The lowest BCUT2D eigenvalue weighted by molar-refractivity contribution is -0.113. The van der Waals surface area contributed by atoms with Gasteiger partial charge in [0, 0.05) is 34.4 Å². The quantitative estimate of drug-likeness (QED) is 0.275. The van der Waals surface area contributed by atoms with Gasteiger partial charge in [-0.1, -0.05) is 23.4 Å². The molecule has 0 aliphatic carbocycles. The highest BCUT2D eigenvalue weighted by Gasteiger charge is 2.17. The van der Waals surface area contributed by atoms with Crippen molar-refractivity contribution in [3.8, 4) is 17.1 Å². The van der Waals surface area contributed by atoms with Gasteiger partial charge < -0.3 is 10.1 Å². The van der Waals surface area contributed by atoms with E-state index in [1.54, 1.807) is 55.7 Å². The maximum absolute atomic E-state index is 12.6. The molecule has 4 rings (SSSR count). The van der Waals surface area contributed by atoms with Gasteiger partial charge in [0.15, 0.2) is 11.0 Å². The fourth-order valence-corrected chi connectivity index (χ4v) is 3.98. The van der Waals surface area contributed by atoms with Gasteiger partial charge in [-0.2, -0.15) is 0 Å². The zero-order valence-electron chi connectivity index (χ0n) is 18.1. The van der Waals surface area contributed by atoms with E-state index in [-0.39, 0.29) is 11.7 Å². The number of benzene rings is 2. The van der Waals surface area contributed by atoms with Crippen LogP contribution in [0, 0.1) is 0 Å². The van der Waals surface area contributed by atoms with Crippen molar-refractivity contribution < 1.29 is 14.3 Å². The Hall–Kier alpha value is -3.69. The van der Waals surface area contributed by atoms with Crippen molar-refractivity contribution in [3.63, 3.8) is 0 Å². The Morgan fingerprint density at radius 3 is 2.38 bits per heavy atom. The number of nitrogens with one attached hydrogen (secondary N) is 1. The molecule has 0 saturated carbocycles. The Morgan fingerprint density at radius 1 is 1.00 bits per heavy atom. The summed E-state index contributed by atoms with van der Waals surface area (Å²) in [5.41, 5.74) is 2.67. The number of halogens is 1. The van der Waals surface area contributed by atoms with Gasteiger partial charge in [0.05, 0.1) is 17.9 Å². The summed E-state index contributed by atoms with van der Waals surface area (Å²) in [6.07, 6.45) is 3.37. The molecule has 8 nitrogen and oxygen atoms in total. The Morgan fingerprint density at radius 2 is 1.71 bits per heavy atom. The van der Waals surface area contributed by atoms with E-state index in [1.165, 1.54) is 11.8 Å². The summed E-state index contributed by atoms with van der Waals surface area (Å²) in [7, 11) is 0. The van der Waals surface area contributed by atoms with Crippen LogP contribution >= 0.6 is 23.4 Å². The molecule has 0 bridgehead atoms. The molecule has 34 heavy (non-hydrogen) atoms. The summed E-state index contributed by atoms with van der Waals surface area (Å²) >= 11 is 7.32. The van der Waals surface area contributed by atoms with Gasteiger partial charge in [-0.3, -0.25) is 14.3 Å². The van der Waals surface area contributed by atoms with Gasteiger partial charge in [0.1, 0.15) is 0 Å². The summed E-state index contributed by atoms with van der Waals surface area (Å²) in [5.74, 6) is 0.122. The third-order valence-corrected chi connectivity index (χ3v) is 5.85. The Balaban J connectivity index is 1.49. The molecule has 0 aliphatic rings. The lowest BCUT2D eigenvalue weighted by Gasteiger charge is -2.11. The Labute approximate surface area is 205 Å². The van der Waals surface area contributed by atoms with Crippen LogP contribution in [0.25, 0.3) is 17.1 Å². The van der Waals surface area contributed by atoms with Gasteiger partial charge in [-0.25, -0.2) is 4.79 Å². The molecule has 0 aliphatic heterocycles. The van der Waals surface area contributed by atoms with Crippen molar-refractivity contribution in [1.82, 2.24) is 19.7 Å². The number of rotatable bonds is 8. The summed E-state index contributed by atoms with van der Waals surface area (Å²) in [6.45, 7) is 2.05. The highest BCUT2D eigenvalue weighted by molar-refractivity contribution is 7.99. The van der Waals surface area contributed by atoms with E-state index < -0.39 is 5.97 Å². The lowest BCUT2D eigenvalue weighted by Crippen LogP contribution is -2.15. The summed E-state index contributed by atoms with van der Waals surface area (Å²) in [5, 5.41) is 12.6. The third kappa shape index (κ3) is 5.62. The molecule has 10 heteroatoms. The average molecular weight is 494 g/mol. The predicted molar refractivity (Wildman–Crippen MR) is 131 cm³/mol. The van der Waals surface area contributed by atoms with E-state index in [1.807, 2.05) is 28.8 Å². The monoisotopic (exact) mass is 493 g/mol. The van der Waals surface area contributed by atoms with Crippen molar-refractivity contribution in [2.75, 3.05) is 17.7 Å². The van der Waals surface area contributed by atoms with E-state index in [4.69, 9.17) is 16.3 Å². The van der Waals surface area contributed by atoms with E-state index in [0.29, 0.717) is 33.9 Å². The smallest absolute Gasteiger partial charge is 0.338 e. The number of nitrogens with zero attached hydrogens (tertiary/aromatic N) is 4. The van der Waals surface area contributed by atoms with Crippen molar-refractivity contribution in [2.24, 2.45) is 0 Å². The van der Waals surface area contributed by atoms with Crippen LogP contribution in [0.1, 0.15) is 17.3 Å². The number of anilines is 1. The zero-order chi connectivity index (χ0) is 23.9.